The predicted octanol–water partition coefficient (Wildman–Crippen LogP) is 0.875. The standard InChI is InChI=1S/C10H17NO/c1-11(2)10(7-12)6-8-3-4-9(10)5-8/h3-4,8-9,12H,5-7H2,1-2H3. The molecule has 2 aliphatic carbocycles. The molecule has 1 fully saturated rings. The summed E-state index contributed by atoms with van der Waals surface area (Å²) in [6.45, 7) is 0.297. The van der Waals surface area contributed by atoms with Gasteiger partial charge in [0.1, 0.15) is 0 Å². The number of likely N-dealkylation sites (N-methyl/N-ethyl adjacent to an activating group) is 1. The molecule has 0 aromatic heterocycles. The molecule has 68 valence electrons. The molecule has 0 saturated heterocycles. The Balaban J connectivity index is 2.25. The number of nitrogens with zero attached hydrogens (tertiary/aromatic N) is 1. The number of rotatable bonds is 2. The first-order chi connectivity index (χ1) is 5.69. The minimum Gasteiger partial charge on any atom is -0.394 e. The molecule has 0 aromatic carbocycles. The van der Waals surface area contributed by atoms with E-state index in [1.165, 1.54) is 6.42 Å². The Morgan fingerprint density at radius 1 is 1.50 bits per heavy atom. The number of fused-ring (bicyclic) bond motifs is 2. The molecule has 0 amide bonds. The second-order valence-electron chi connectivity index (χ2n) is 4.35. The highest BCUT2D eigenvalue weighted by Gasteiger charge is 2.49. The van der Waals surface area contributed by atoms with Crippen LogP contribution in [0.15, 0.2) is 12.2 Å². The van der Waals surface area contributed by atoms with Crippen molar-refractivity contribution in [3.8, 4) is 0 Å². The monoisotopic (exact) mass is 167 g/mol. The van der Waals surface area contributed by atoms with Gasteiger partial charge in [-0.1, -0.05) is 12.2 Å². The van der Waals surface area contributed by atoms with Gasteiger partial charge < -0.3 is 10.0 Å². The van der Waals surface area contributed by atoms with E-state index >= 15 is 0 Å². The van der Waals surface area contributed by atoms with E-state index in [9.17, 15) is 5.11 Å². The van der Waals surface area contributed by atoms with Gasteiger partial charge in [0.25, 0.3) is 0 Å². The van der Waals surface area contributed by atoms with Gasteiger partial charge in [0.15, 0.2) is 0 Å². The van der Waals surface area contributed by atoms with Crippen molar-refractivity contribution in [1.29, 1.82) is 0 Å². The molecular weight excluding hydrogens is 150 g/mol. The van der Waals surface area contributed by atoms with Gasteiger partial charge in [-0.25, -0.2) is 0 Å². The van der Waals surface area contributed by atoms with Crippen molar-refractivity contribution in [2.75, 3.05) is 20.7 Å². The lowest BCUT2D eigenvalue weighted by Crippen LogP contribution is -2.50. The summed E-state index contributed by atoms with van der Waals surface area (Å²) in [7, 11) is 4.15. The lowest BCUT2D eigenvalue weighted by molar-refractivity contribution is 0.0463. The summed E-state index contributed by atoms with van der Waals surface area (Å²) in [6, 6.07) is 0. The molecular formula is C10H17NO. The van der Waals surface area contributed by atoms with Crippen LogP contribution in [0.3, 0.4) is 0 Å². The second kappa shape index (κ2) is 2.57. The van der Waals surface area contributed by atoms with Crippen LogP contribution in [0.25, 0.3) is 0 Å². The highest BCUT2D eigenvalue weighted by Crippen LogP contribution is 2.48. The lowest BCUT2D eigenvalue weighted by atomic mass is 9.84. The number of aliphatic hydroxyl groups is 1. The molecule has 1 N–H and O–H groups in total. The Kier molecular flexibility index (Phi) is 1.77. The van der Waals surface area contributed by atoms with Crippen molar-refractivity contribution >= 4 is 0 Å². The fraction of sp³-hybridized carbons (Fsp3) is 0.800. The topological polar surface area (TPSA) is 23.5 Å². The summed E-state index contributed by atoms with van der Waals surface area (Å²) in [5.74, 6) is 1.31. The molecule has 2 bridgehead atoms. The van der Waals surface area contributed by atoms with Crippen molar-refractivity contribution in [2.45, 2.75) is 18.4 Å². The maximum absolute atomic E-state index is 9.43. The van der Waals surface area contributed by atoms with Crippen LogP contribution in [-0.2, 0) is 0 Å². The number of allylic oxidation sites excluding steroid dienone is 1. The van der Waals surface area contributed by atoms with Crippen LogP contribution in [-0.4, -0.2) is 36.2 Å². The zero-order valence-corrected chi connectivity index (χ0v) is 7.83. The predicted molar refractivity (Wildman–Crippen MR) is 48.9 cm³/mol. The molecule has 0 aromatic rings. The summed E-state index contributed by atoms with van der Waals surface area (Å²) in [6.07, 6.45) is 6.98. The first kappa shape index (κ1) is 8.27. The largest absolute Gasteiger partial charge is 0.394 e. The zero-order valence-electron chi connectivity index (χ0n) is 7.83. The van der Waals surface area contributed by atoms with E-state index in [-0.39, 0.29) is 5.54 Å². The van der Waals surface area contributed by atoms with E-state index in [1.807, 2.05) is 0 Å². The van der Waals surface area contributed by atoms with Crippen molar-refractivity contribution in [3.63, 3.8) is 0 Å². The normalized spacial score (nSPS) is 44.7. The molecule has 2 heteroatoms. The van der Waals surface area contributed by atoms with Crippen LogP contribution in [0.2, 0.25) is 0 Å². The smallest absolute Gasteiger partial charge is 0.0621 e. The summed E-state index contributed by atoms with van der Waals surface area (Å²) >= 11 is 0. The van der Waals surface area contributed by atoms with Crippen LogP contribution in [0, 0.1) is 11.8 Å². The van der Waals surface area contributed by atoms with E-state index in [0.717, 1.165) is 12.3 Å². The quantitative estimate of drug-likeness (QED) is 0.617. The number of hydrogen-bond donors (Lipinski definition) is 1. The van der Waals surface area contributed by atoms with Gasteiger partial charge in [0.2, 0.25) is 0 Å². The van der Waals surface area contributed by atoms with Gasteiger partial charge in [0, 0.05) is 0 Å². The molecule has 3 atom stereocenters. The minimum atomic E-state index is 0.0550. The van der Waals surface area contributed by atoms with Gasteiger partial charge >= 0.3 is 0 Å². The zero-order chi connectivity index (χ0) is 8.77. The van der Waals surface area contributed by atoms with Crippen molar-refractivity contribution in [1.82, 2.24) is 4.90 Å². The molecule has 2 rings (SSSR count). The van der Waals surface area contributed by atoms with Crippen LogP contribution >= 0.6 is 0 Å². The summed E-state index contributed by atoms with van der Waals surface area (Å²) < 4.78 is 0. The highest BCUT2D eigenvalue weighted by molar-refractivity contribution is 5.19. The molecule has 12 heavy (non-hydrogen) atoms. The van der Waals surface area contributed by atoms with Crippen LogP contribution in [0.4, 0.5) is 0 Å². The minimum absolute atomic E-state index is 0.0550. The Morgan fingerprint density at radius 2 is 2.25 bits per heavy atom. The molecule has 1 saturated carbocycles. The third-order valence-corrected chi connectivity index (χ3v) is 3.64. The Morgan fingerprint density at radius 3 is 2.50 bits per heavy atom. The first-order valence-corrected chi connectivity index (χ1v) is 4.65. The number of aliphatic hydroxyl groups excluding tert-OH is 1. The maximum atomic E-state index is 9.43. The van der Waals surface area contributed by atoms with Crippen LogP contribution in [0.1, 0.15) is 12.8 Å². The van der Waals surface area contributed by atoms with Crippen LogP contribution in [0.5, 0.6) is 0 Å². The van der Waals surface area contributed by atoms with E-state index in [4.69, 9.17) is 0 Å². The average Bonchev–Trinajstić information content (AvgIpc) is 2.62. The molecule has 2 aliphatic rings. The first-order valence-electron chi connectivity index (χ1n) is 4.65. The second-order valence-corrected chi connectivity index (χ2v) is 4.35. The number of hydrogen-bond acceptors (Lipinski definition) is 2. The molecule has 0 aliphatic heterocycles. The highest BCUT2D eigenvalue weighted by atomic mass is 16.3. The van der Waals surface area contributed by atoms with Crippen molar-refractivity contribution < 1.29 is 5.11 Å². The third-order valence-electron chi connectivity index (χ3n) is 3.64. The van der Waals surface area contributed by atoms with Crippen LogP contribution < -0.4 is 0 Å². The Bertz CT molecular complexity index is 212. The van der Waals surface area contributed by atoms with Crippen molar-refractivity contribution in [2.24, 2.45) is 11.8 Å². The molecule has 0 spiro atoms. The van der Waals surface area contributed by atoms with E-state index in [2.05, 4.69) is 31.1 Å². The van der Waals surface area contributed by atoms with E-state index < -0.39 is 0 Å². The molecule has 2 nitrogen and oxygen atoms in total. The van der Waals surface area contributed by atoms with Crippen molar-refractivity contribution in [3.05, 3.63) is 12.2 Å². The SMILES string of the molecule is CN(C)C1(CO)CC2C=CC1C2. The van der Waals surface area contributed by atoms with Gasteiger partial charge in [-0.3, -0.25) is 0 Å². The average molecular weight is 167 g/mol. The van der Waals surface area contributed by atoms with E-state index in [0.29, 0.717) is 12.5 Å². The lowest BCUT2D eigenvalue weighted by Gasteiger charge is -2.40. The summed E-state index contributed by atoms with van der Waals surface area (Å²) in [5.41, 5.74) is 0.0550. The van der Waals surface area contributed by atoms with E-state index in [1.54, 1.807) is 0 Å². The van der Waals surface area contributed by atoms with Gasteiger partial charge in [-0.05, 0) is 38.8 Å². The Hall–Kier alpha value is -0.340. The van der Waals surface area contributed by atoms with Gasteiger partial charge in [-0.15, -0.1) is 0 Å². The summed E-state index contributed by atoms with van der Waals surface area (Å²) in [5, 5.41) is 9.43. The molecule has 0 heterocycles. The third kappa shape index (κ3) is 0.882. The molecule has 0 radical (unpaired) electrons. The summed E-state index contributed by atoms with van der Waals surface area (Å²) in [4.78, 5) is 2.20. The Labute approximate surface area is 73.9 Å². The van der Waals surface area contributed by atoms with Gasteiger partial charge in [-0.2, -0.15) is 0 Å². The molecule has 3 unspecified atom stereocenters. The maximum Gasteiger partial charge on any atom is 0.0621 e. The fourth-order valence-corrected chi connectivity index (χ4v) is 2.77. The fourth-order valence-electron chi connectivity index (χ4n) is 2.77. The van der Waals surface area contributed by atoms with Gasteiger partial charge in [0.05, 0.1) is 12.1 Å².